The number of fused-ring (bicyclic) bond motifs is 1. The van der Waals surface area contributed by atoms with E-state index >= 15 is 0 Å². The zero-order chi connectivity index (χ0) is 20.4. The minimum Gasteiger partial charge on any atom is -0.459 e. The van der Waals surface area contributed by atoms with E-state index in [2.05, 4.69) is 10.1 Å². The number of aromatic nitrogens is 3. The molecule has 0 aliphatic heterocycles. The average Bonchev–Trinajstić information content (AvgIpc) is 3.12. The number of carbonyl (C=O) groups is 1. The second-order valence-corrected chi connectivity index (χ2v) is 7.58. The van der Waals surface area contributed by atoms with E-state index in [4.69, 9.17) is 4.74 Å². The van der Waals surface area contributed by atoms with Gasteiger partial charge in [-0.3, -0.25) is 9.59 Å². The predicted molar refractivity (Wildman–Crippen MR) is 108 cm³/mol. The van der Waals surface area contributed by atoms with Gasteiger partial charge in [0.25, 0.3) is 5.56 Å². The van der Waals surface area contributed by atoms with Crippen LogP contribution in [0.15, 0.2) is 59.4 Å². The minimum atomic E-state index is -0.584. The van der Waals surface area contributed by atoms with E-state index in [0.29, 0.717) is 21.0 Å². The van der Waals surface area contributed by atoms with Gasteiger partial charge in [-0.2, -0.15) is 5.10 Å². The van der Waals surface area contributed by atoms with E-state index < -0.39 is 11.5 Å². The lowest BCUT2D eigenvalue weighted by molar-refractivity contribution is -0.146. The van der Waals surface area contributed by atoms with Crippen molar-refractivity contribution in [3.63, 3.8) is 0 Å². The van der Waals surface area contributed by atoms with Crippen molar-refractivity contribution < 1.29 is 13.9 Å². The van der Waals surface area contributed by atoms with Crippen LogP contribution in [0.4, 0.5) is 4.39 Å². The highest BCUT2D eigenvalue weighted by atomic mass is 32.1. The smallest absolute Gasteiger partial charge is 0.328 e. The van der Waals surface area contributed by atoms with E-state index in [1.54, 1.807) is 19.1 Å². The Labute approximate surface area is 169 Å². The van der Waals surface area contributed by atoms with Gasteiger partial charge >= 0.3 is 5.97 Å². The van der Waals surface area contributed by atoms with Crippen molar-refractivity contribution in [3.05, 3.63) is 81.3 Å². The lowest BCUT2D eigenvalue weighted by atomic mass is 10.1. The summed E-state index contributed by atoms with van der Waals surface area (Å²) < 4.78 is 20.2. The summed E-state index contributed by atoms with van der Waals surface area (Å²) in [7, 11) is 0. The molecule has 6 nitrogen and oxygen atoms in total. The monoisotopic (exact) mass is 409 g/mol. The molecule has 4 rings (SSSR count). The van der Waals surface area contributed by atoms with Crippen molar-refractivity contribution in [3.8, 4) is 11.3 Å². The lowest BCUT2D eigenvalue weighted by Gasteiger charge is -2.09. The van der Waals surface area contributed by atoms with Gasteiger partial charge in [0.05, 0.1) is 9.71 Å². The Balaban J connectivity index is 1.67. The van der Waals surface area contributed by atoms with Gasteiger partial charge in [-0.05, 0) is 36.8 Å². The third kappa shape index (κ3) is 4.07. The molecule has 2 heterocycles. The van der Waals surface area contributed by atoms with Gasteiger partial charge in [-0.25, -0.2) is 14.1 Å². The van der Waals surface area contributed by atoms with E-state index in [-0.39, 0.29) is 24.5 Å². The van der Waals surface area contributed by atoms with Crippen LogP contribution in [-0.4, -0.2) is 20.7 Å². The van der Waals surface area contributed by atoms with Gasteiger partial charge in [0.1, 0.15) is 24.7 Å². The van der Waals surface area contributed by atoms with Crippen molar-refractivity contribution in [2.24, 2.45) is 0 Å². The highest BCUT2D eigenvalue weighted by Crippen LogP contribution is 2.29. The summed E-state index contributed by atoms with van der Waals surface area (Å²) in [4.78, 5) is 29.3. The number of benzene rings is 2. The van der Waals surface area contributed by atoms with Crippen LogP contribution in [0.1, 0.15) is 10.6 Å². The van der Waals surface area contributed by atoms with Gasteiger partial charge in [-0.15, -0.1) is 11.3 Å². The summed E-state index contributed by atoms with van der Waals surface area (Å²) in [6.07, 6.45) is 0. The molecule has 0 radical (unpaired) electrons. The number of aryl methyl sites for hydroxylation is 1. The largest absolute Gasteiger partial charge is 0.459 e. The maximum atomic E-state index is 13.3. The second kappa shape index (κ2) is 7.92. The number of hydrogen-bond donors (Lipinski definition) is 0. The first-order valence-corrected chi connectivity index (χ1v) is 9.66. The van der Waals surface area contributed by atoms with Crippen molar-refractivity contribution in [2.45, 2.75) is 20.1 Å². The number of ether oxygens (including phenoxy) is 1. The van der Waals surface area contributed by atoms with Crippen molar-refractivity contribution in [2.75, 3.05) is 0 Å². The summed E-state index contributed by atoms with van der Waals surface area (Å²) in [5.41, 5.74) is 1.72. The molecule has 8 heteroatoms. The first-order valence-electron chi connectivity index (χ1n) is 8.85. The molecule has 2 aromatic heterocycles. The van der Waals surface area contributed by atoms with Crippen LogP contribution in [0.25, 0.3) is 21.5 Å². The molecular weight excluding hydrogens is 393 g/mol. The first kappa shape index (κ1) is 18.9. The normalized spacial score (nSPS) is 11.0. The molecule has 0 amide bonds. The Kier molecular flexibility index (Phi) is 5.18. The molecule has 0 aliphatic carbocycles. The summed E-state index contributed by atoms with van der Waals surface area (Å²) in [5.74, 6) is -0.955. The van der Waals surface area contributed by atoms with Gasteiger partial charge in [0, 0.05) is 5.56 Å². The third-order valence-corrected chi connectivity index (χ3v) is 5.22. The quantitative estimate of drug-likeness (QED) is 0.470. The minimum absolute atomic E-state index is 0.108. The number of halogens is 1. The molecular formula is C21H16FN3O3S. The summed E-state index contributed by atoms with van der Waals surface area (Å²) >= 11 is 1.33. The summed E-state index contributed by atoms with van der Waals surface area (Å²) in [5, 5.41) is 5.06. The van der Waals surface area contributed by atoms with Crippen molar-refractivity contribution in [1.29, 1.82) is 0 Å². The molecule has 0 unspecified atom stereocenters. The molecule has 2 aromatic carbocycles. The number of carbonyl (C=O) groups excluding carboxylic acids is 1. The number of esters is 1. The van der Waals surface area contributed by atoms with Crippen molar-refractivity contribution >= 4 is 27.5 Å². The predicted octanol–water partition coefficient (Wildman–Crippen LogP) is 3.71. The van der Waals surface area contributed by atoms with Crippen molar-refractivity contribution in [1.82, 2.24) is 14.8 Å². The molecule has 0 saturated heterocycles. The molecule has 0 bridgehead atoms. The molecule has 4 aromatic rings. The van der Waals surface area contributed by atoms with Gasteiger partial charge in [0.2, 0.25) is 0 Å². The molecule has 0 atom stereocenters. The summed E-state index contributed by atoms with van der Waals surface area (Å²) in [6, 6.07) is 15.1. The molecule has 146 valence electrons. The second-order valence-electron chi connectivity index (χ2n) is 6.38. The topological polar surface area (TPSA) is 74.1 Å². The van der Waals surface area contributed by atoms with Gasteiger partial charge in [-0.1, -0.05) is 30.3 Å². The Morgan fingerprint density at radius 1 is 1.14 bits per heavy atom. The maximum absolute atomic E-state index is 13.3. The SMILES string of the molecule is Cc1nc2c(=O)n(CC(=O)OCc3ccccc3)nc(-c3ccc(F)cc3)c2s1. The third-order valence-electron chi connectivity index (χ3n) is 4.25. The summed E-state index contributed by atoms with van der Waals surface area (Å²) in [6.45, 7) is 1.56. The zero-order valence-corrected chi connectivity index (χ0v) is 16.3. The molecule has 0 saturated carbocycles. The van der Waals surface area contributed by atoms with Crippen LogP contribution in [0.2, 0.25) is 0 Å². The van der Waals surface area contributed by atoms with E-state index in [9.17, 15) is 14.0 Å². The Morgan fingerprint density at radius 3 is 2.59 bits per heavy atom. The highest BCUT2D eigenvalue weighted by Gasteiger charge is 2.18. The van der Waals surface area contributed by atoms with Gasteiger partial charge < -0.3 is 4.74 Å². The highest BCUT2D eigenvalue weighted by molar-refractivity contribution is 7.19. The fourth-order valence-corrected chi connectivity index (χ4v) is 3.79. The Bertz CT molecular complexity index is 1230. The van der Waals surface area contributed by atoms with Crippen LogP contribution in [0.3, 0.4) is 0 Å². The molecule has 0 spiro atoms. The van der Waals surface area contributed by atoms with E-state index in [1.165, 1.54) is 23.5 Å². The van der Waals surface area contributed by atoms with Crippen LogP contribution < -0.4 is 5.56 Å². The fraction of sp³-hybridized carbons (Fsp3) is 0.143. The van der Waals surface area contributed by atoms with E-state index in [1.807, 2.05) is 30.3 Å². The van der Waals surface area contributed by atoms with Gasteiger partial charge in [0.15, 0.2) is 5.52 Å². The van der Waals surface area contributed by atoms with Crippen LogP contribution in [0.5, 0.6) is 0 Å². The molecule has 0 fully saturated rings. The number of nitrogens with zero attached hydrogens (tertiary/aromatic N) is 3. The Hall–Kier alpha value is -3.39. The Morgan fingerprint density at radius 2 is 1.86 bits per heavy atom. The number of thiazole rings is 1. The molecule has 0 aliphatic rings. The maximum Gasteiger partial charge on any atom is 0.328 e. The fourth-order valence-electron chi connectivity index (χ4n) is 2.88. The lowest BCUT2D eigenvalue weighted by Crippen LogP contribution is -2.28. The average molecular weight is 409 g/mol. The molecule has 0 N–H and O–H groups in total. The number of hydrogen-bond acceptors (Lipinski definition) is 6. The number of rotatable bonds is 5. The standard InChI is InChI=1S/C21H16FN3O3S/c1-13-23-19-20(29-13)18(15-7-9-16(22)10-8-15)24-25(21(19)27)11-17(26)28-12-14-5-3-2-4-6-14/h2-10H,11-12H2,1H3. The van der Waals surface area contributed by atoms with Crippen LogP contribution in [-0.2, 0) is 22.7 Å². The van der Waals surface area contributed by atoms with Crippen LogP contribution in [0, 0.1) is 12.7 Å². The zero-order valence-electron chi connectivity index (χ0n) is 15.5. The van der Waals surface area contributed by atoms with Crippen LogP contribution >= 0.6 is 11.3 Å². The first-order chi connectivity index (χ1) is 14.0. The van der Waals surface area contributed by atoms with E-state index in [0.717, 1.165) is 10.2 Å². The molecule has 29 heavy (non-hydrogen) atoms.